The molecule has 0 aliphatic carbocycles. The van der Waals surface area contributed by atoms with Crippen molar-refractivity contribution in [1.82, 2.24) is 5.32 Å². The van der Waals surface area contributed by atoms with Crippen molar-refractivity contribution < 1.29 is 25.7 Å². The lowest BCUT2D eigenvalue weighted by Crippen LogP contribution is -3.00. The maximum absolute atomic E-state index is 12.2. The van der Waals surface area contributed by atoms with E-state index < -0.39 is 16.4 Å². The van der Waals surface area contributed by atoms with Crippen LogP contribution < -0.4 is 15.8 Å². The summed E-state index contributed by atoms with van der Waals surface area (Å²) in [7, 11) is 0. The highest BCUT2D eigenvalue weighted by Gasteiger charge is 2.15. The summed E-state index contributed by atoms with van der Waals surface area (Å²) in [4.78, 5) is 12.2. The van der Waals surface area contributed by atoms with Crippen molar-refractivity contribution >= 4 is 40.5 Å². The normalized spacial score (nSPS) is 13.4. The first kappa shape index (κ1) is 18.6. The quantitative estimate of drug-likeness (QED) is 0.494. The molecule has 5 N–H and O–H groups in total. The van der Waals surface area contributed by atoms with Crippen LogP contribution in [0.3, 0.4) is 0 Å². The van der Waals surface area contributed by atoms with E-state index in [0.717, 1.165) is 18.2 Å². The molecule has 0 aromatic heterocycles. The molecular formula is C14H13Cl2N3O5. The van der Waals surface area contributed by atoms with Gasteiger partial charge in [0.1, 0.15) is 0 Å². The largest absolute Gasteiger partial charge is 0.595 e. The molecule has 0 spiro atoms. The van der Waals surface area contributed by atoms with Gasteiger partial charge in [0.25, 0.3) is 5.91 Å². The van der Waals surface area contributed by atoms with Crippen LogP contribution >= 0.6 is 23.2 Å². The maximum atomic E-state index is 12.2. The molecule has 2 unspecified atom stereocenters. The third kappa shape index (κ3) is 4.63. The molecule has 2 aromatic rings. The van der Waals surface area contributed by atoms with E-state index in [1.165, 1.54) is 0 Å². The van der Waals surface area contributed by atoms with Crippen molar-refractivity contribution in [3.63, 3.8) is 0 Å². The zero-order valence-electron chi connectivity index (χ0n) is 12.0. The standard InChI is InChI=1S/C14H13Cl2N3O5/c15-12-2-1-8(3-13(12)16)7-17-14(20)9-4-10(18(21)22)6-11(5-9)19(23)24/h1-6,18-19,21,23H,7H2,(H,17,20). The monoisotopic (exact) mass is 373 g/mol. The zero-order chi connectivity index (χ0) is 17.9. The first-order valence-electron chi connectivity index (χ1n) is 6.61. The molecule has 2 aromatic carbocycles. The van der Waals surface area contributed by atoms with E-state index in [-0.39, 0.29) is 23.5 Å². The number of rotatable bonds is 5. The van der Waals surface area contributed by atoms with Crippen LogP contribution in [0.4, 0.5) is 11.4 Å². The van der Waals surface area contributed by atoms with Crippen LogP contribution in [0.5, 0.6) is 0 Å². The summed E-state index contributed by atoms with van der Waals surface area (Å²) in [6, 6.07) is 8.04. The smallest absolute Gasteiger partial charge is 0.252 e. The van der Waals surface area contributed by atoms with Gasteiger partial charge in [0.2, 0.25) is 0 Å². The molecule has 128 valence electrons. The molecule has 0 bridgehead atoms. The van der Waals surface area contributed by atoms with E-state index in [0.29, 0.717) is 15.6 Å². The Bertz CT molecular complexity index is 729. The summed E-state index contributed by atoms with van der Waals surface area (Å²) in [5.74, 6) is -0.605. The number of hydrogen-bond acceptors (Lipinski definition) is 5. The zero-order valence-corrected chi connectivity index (χ0v) is 13.6. The summed E-state index contributed by atoms with van der Waals surface area (Å²) in [6.07, 6.45) is 0. The second-order valence-electron chi connectivity index (χ2n) is 4.84. The predicted molar refractivity (Wildman–Crippen MR) is 85.6 cm³/mol. The van der Waals surface area contributed by atoms with Crippen molar-refractivity contribution in [2.24, 2.45) is 0 Å². The fraction of sp³-hybridized carbons (Fsp3) is 0.0714. The minimum absolute atomic E-state index is 0.0626. The van der Waals surface area contributed by atoms with E-state index in [1.807, 2.05) is 0 Å². The number of nitrogens with one attached hydrogen (secondary N) is 3. The average molecular weight is 374 g/mol. The van der Waals surface area contributed by atoms with Gasteiger partial charge < -0.3 is 15.7 Å². The molecule has 0 heterocycles. The topological polar surface area (TPSA) is 125 Å². The third-order valence-electron chi connectivity index (χ3n) is 3.13. The Labute approximate surface area is 146 Å². The van der Waals surface area contributed by atoms with Crippen LogP contribution in [-0.2, 0) is 6.54 Å². The lowest BCUT2D eigenvalue weighted by atomic mass is 10.1. The number of amides is 1. The van der Waals surface area contributed by atoms with Crippen molar-refractivity contribution in [2.45, 2.75) is 6.54 Å². The second kappa shape index (κ2) is 7.88. The molecule has 2 atom stereocenters. The fourth-order valence-electron chi connectivity index (χ4n) is 1.94. The van der Waals surface area contributed by atoms with Gasteiger partial charge in [-0.15, -0.1) is 0 Å². The minimum Gasteiger partial charge on any atom is -0.595 e. The van der Waals surface area contributed by atoms with E-state index in [1.54, 1.807) is 18.2 Å². The van der Waals surface area contributed by atoms with Crippen LogP contribution in [0, 0.1) is 10.4 Å². The molecule has 0 fully saturated rings. The molecule has 0 saturated carbocycles. The third-order valence-corrected chi connectivity index (χ3v) is 3.87. The Morgan fingerprint density at radius 1 is 1.00 bits per heavy atom. The fourth-order valence-corrected chi connectivity index (χ4v) is 2.26. The predicted octanol–water partition coefficient (Wildman–Crippen LogP) is 0.730. The summed E-state index contributed by atoms with van der Waals surface area (Å²) in [5.41, 5.74) is 0.0575. The van der Waals surface area contributed by atoms with Crippen molar-refractivity contribution in [3.8, 4) is 0 Å². The number of hydrogen-bond donors (Lipinski definition) is 5. The molecule has 8 nitrogen and oxygen atoms in total. The van der Waals surface area contributed by atoms with Gasteiger partial charge in [-0.2, -0.15) is 10.5 Å². The number of carbonyl (C=O) groups is 1. The first-order chi connectivity index (χ1) is 11.3. The Hall–Kier alpha value is -1.75. The lowest BCUT2D eigenvalue weighted by Gasteiger charge is -2.17. The van der Waals surface area contributed by atoms with Crippen LogP contribution in [0.15, 0.2) is 36.4 Å². The molecule has 2 rings (SSSR count). The van der Waals surface area contributed by atoms with E-state index in [2.05, 4.69) is 5.32 Å². The van der Waals surface area contributed by atoms with E-state index in [4.69, 9.17) is 33.6 Å². The van der Waals surface area contributed by atoms with Crippen LogP contribution in [-0.4, -0.2) is 16.3 Å². The first-order valence-corrected chi connectivity index (χ1v) is 7.37. The highest BCUT2D eigenvalue weighted by atomic mass is 35.5. The molecule has 10 heteroatoms. The van der Waals surface area contributed by atoms with Crippen LogP contribution in [0.1, 0.15) is 15.9 Å². The summed E-state index contributed by atoms with van der Waals surface area (Å²) in [5, 5.41) is 40.8. The van der Waals surface area contributed by atoms with Crippen molar-refractivity contribution in [2.75, 3.05) is 0 Å². The van der Waals surface area contributed by atoms with Gasteiger partial charge in [0.15, 0.2) is 11.4 Å². The highest BCUT2D eigenvalue weighted by molar-refractivity contribution is 6.42. The van der Waals surface area contributed by atoms with E-state index >= 15 is 0 Å². The molecule has 0 aliphatic rings. The number of quaternary nitrogens is 2. The minimum atomic E-state index is -1.32. The maximum Gasteiger partial charge on any atom is 0.252 e. The Balaban J connectivity index is 2.17. The van der Waals surface area contributed by atoms with Gasteiger partial charge in [0.05, 0.1) is 21.7 Å². The van der Waals surface area contributed by atoms with Crippen molar-refractivity contribution in [3.05, 3.63) is 68.0 Å². The summed E-state index contributed by atoms with van der Waals surface area (Å²) in [6.45, 7) is 0.120. The molecule has 24 heavy (non-hydrogen) atoms. The average Bonchev–Trinajstić information content (AvgIpc) is 2.55. The number of benzene rings is 2. The summed E-state index contributed by atoms with van der Waals surface area (Å²) < 4.78 is 0. The van der Waals surface area contributed by atoms with Gasteiger partial charge in [-0.1, -0.05) is 29.3 Å². The van der Waals surface area contributed by atoms with Crippen LogP contribution in [0.25, 0.3) is 0 Å². The van der Waals surface area contributed by atoms with E-state index in [9.17, 15) is 15.2 Å². The molecule has 0 saturated heterocycles. The summed E-state index contributed by atoms with van der Waals surface area (Å²) >= 11 is 11.7. The highest BCUT2D eigenvalue weighted by Crippen LogP contribution is 2.22. The Kier molecular flexibility index (Phi) is 6.10. The lowest BCUT2D eigenvalue weighted by molar-refractivity contribution is -0.996. The Morgan fingerprint density at radius 3 is 2.08 bits per heavy atom. The number of carbonyl (C=O) groups excluding carboxylic acids is 1. The number of halogens is 2. The van der Waals surface area contributed by atoms with Gasteiger partial charge >= 0.3 is 0 Å². The van der Waals surface area contributed by atoms with Gasteiger partial charge in [-0.25, -0.2) is 10.4 Å². The van der Waals surface area contributed by atoms with Crippen molar-refractivity contribution in [1.29, 1.82) is 0 Å². The SMILES string of the molecule is O=C(NCc1ccc(Cl)c(Cl)c1)c1cc([NH+]([O-])O)cc([NH+]([O-])O)c1. The van der Waals surface area contributed by atoms with Gasteiger partial charge in [-0.3, -0.25) is 4.79 Å². The van der Waals surface area contributed by atoms with Crippen LogP contribution in [0.2, 0.25) is 10.0 Å². The molecule has 0 radical (unpaired) electrons. The molecular weight excluding hydrogens is 361 g/mol. The van der Waals surface area contributed by atoms with Gasteiger partial charge in [0, 0.05) is 18.7 Å². The van der Waals surface area contributed by atoms with Gasteiger partial charge in [-0.05, 0) is 17.7 Å². The molecule has 0 aliphatic heterocycles. The second-order valence-corrected chi connectivity index (χ2v) is 5.65. The molecule has 1 amide bonds. The Morgan fingerprint density at radius 2 is 1.58 bits per heavy atom.